The minimum atomic E-state index is 0.727. The van der Waals surface area contributed by atoms with Crippen molar-refractivity contribution in [3.63, 3.8) is 0 Å². The van der Waals surface area contributed by atoms with Gasteiger partial charge in [0.1, 0.15) is 0 Å². The predicted molar refractivity (Wildman–Crippen MR) is 88.1 cm³/mol. The highest BCUT2D eigenvalue weighted by Crippen LogP contribution is 2.27. The summed E-state index contributed by atoms with van der Waals surface area (Å²) >= 11 is 0. The highest BCUT2D eigenvalue weighted by molar-refractivity contribution is 4.96. The predicted octanol–water partition coefficient (Wildman–Crippen LogP) is 3.98. The lowest BCUT2D eigenvalue weighted by molar-refractivity contribution is 0.187. The van der Waals surface area contributed by atoms with Crippen molar-refractivity contribution in [3.05, 3.63) is 11.6 Å². The normalized spacial score (nSPS) is 24.6. The van der Waals surface area contributed by atoms with Gasteiger partial charge in [0.25, 0.3) is 0 Å². The second-order valence-electron chi connectivity index (χ2n) is 7.21. The summed E-state index contributed by atoms with van der Waals surface area (Å²) in [6.45, 7) is 10.5. The molecule has 1 aliphatic carbocycles. The van der Waals surface area contributed by atoms with Gasteiger partial charge >= 0.3 is 0 Å². The third kappa shape index (κ3) is 5.21. The van der Waals surface area contributed by atoms with E-state index in [0.717, 1.165) is 24.5 Å². The summed E-state index contributed by atoms with van der Waals surface area (Å²) in [6.07, 6.45) is 12.3. The van der Waals surface area contributed by atoms with Gasteiger partial charge in [0.15, 0.2) is 0 Å². The molecule has 0 aromatic heterocycles. The van der Waals surface area contributed by atoms with Crippen LogP contribution in [0.3, 0.4) is 0 Å². The van der Waals surface area contributed by atoms with Crippen molar-refractivity contribution in [2.24, 2.45) is 5.92 Å². The van der Waals surface area contributed by atoms with Crippen molar-refractivity contribution in [3.8, 4) is 0 Å². The molecule has 2 rings (SSSR count). The van der Waals surface area contributed by atoms with E-state index in [1.165, 1.54) is 63.6 Å². The summed E-state index contributed by atoms with van der Waals surface area (Å²) in [7, 11) is 0. The van der Waals surface area contributed by atoms with Crippen LogP contribution in [0.5, 0.6) is 0 Å². The quantitative estimate of drug-likeness (QED) is 0.765. The molecular formula is C18H34N2. The van der Waals surface area contributed by atoms with E-state index in [-0.39, 0.29) is 0 Å². The molecule has 1 heterocycles. The second kappa shape index (κ2) is 8.19. The first-order valence-electron chi connectivity index (χ1n) is 8.77. The van der Waals surface area contributed by atoms with Crippen molar-refractivity contribution in [2.45, 2.75) is 77.8 Å². The zero-order valence-electron chi connectivity index (χ0n) is 13.8. The number of piperidine rings is 1. The Kier molecular flexibility index (Phi) is 6.57. The number of nitrogens with zero attached hydrogens (tertiary/aromatic N) is 1. The number of hydrogen-bond donors (Lipinski definition) is 1. The Morgan fingerprint density at radius 1 is 1.10 bits per heavy atom. The average Bonchev–Trinajstić information content (AvgIpc) is 2.47. The lowest BCUT2D eigenvalue weighted by Crippen LogP contribution is -2.47. The number of likely N-dealkylation sites (tertiary alicyclic amines) is 1. The monoisotopic (exact) mass is 278 g/mol. The number of hydrogen-bond acceptors (Lipinski definition) is 2. The van der Waals surface area contributed by atoms with Crippen LogP contribution < -0.4 is 5.32 Å². The van der Waals surface area contributed by atoms with Crippen molar-refractivity contribution < 1.29 is 0 Å². The summed E-state index contributed by atoms with van der Waals surface area (Å²) < 4.78 is 0. The average molecular weight is 278 g/mol. The summed E-state index contributed by atoms with van der Waals surface area (Å²) in [5, 5.41) is 3.93. The van der Waals surface area contributed by atoms with E-state index < -0.39 is 0 Å². The molecule has 2 heteroatoms. The maximum atomic E-state index is 3.93. The first kappa shape index (κ1) is 16.0. The van der Waals surface area contributed by atoms with Gasteiger partial charge in [0.2, 0.25) is 0 Å². The summed E-state index contributed by atoms with van der Waals surface area (Å²) in [5.41, 5.74) is 1.44. The summed E-state index contributed by atoms with van der Waals surface area (Å²) in [5.74, 6) is 0.937. The number of rotatable bonds is 5. The van der Waals surface area contributed by atoms with Gasteiger partial charge in [0, 0.05) is 18.6 Å². The molecular weight excluding hydrogens is 244 g/mol. The van der Waals surface area contributed by atoms with Crippen molar-refractivity contribution in [1.29, 1.82) is 0 Å². The van der Waals surface area contributed by atoms with Gasteiger partial charge in [-0.05, 0) is 65.5 Å². The fourth-order valence-electron chi connectivity index (χ4n) is 3.74. The highest BCUT2D eigenvalue weighted by atomic mass is 15.1. The van der Waals surface area contributed by atoms with Crippen LogP contribution >= 0.6 is 0 Å². The Hall–Kier alpha value is -0.340. The van der Waals surface area contributed by atoms with Gasteiger partial charge in [-0.3, -0.25) is 4.90 Å². The summed E-state index contributed by atoms with van der Waals surface area (Å²) in [6, 6.07) is 1.49. The molecule has 0 unspecified atom stereocenters. The van der Waals surface area contributed by atoms with Crippen LogP contribution in [0.2, 0.25) is 0 Å². The molecule has 0 spiro atoms. The zero-order valence-corrected chi connectivity index (χ0v) is 13.8. The fourth-order valence-corrected chi connectivity index (χ4v) is 3.74. The van der Waals surface area contributed by atoms with E-state index >= 15 is 0 Å². The van der Waals surface area contributed by atoms with E-state index in [4.69, 9.17) is 0 Å². The van der Waals surface area contributed by atoms with Gasteiger partial charge in [-0.2, -0.15) is 0 Å². The van der Waals surface area contributed by atoms with E-state index in [1.807, 2.05) is 0 Å². The number of allylic oxidation sites excluding steroid dienone is 1. The molecule has 116 valence electrons. The van der Waals surface area contributed by atoms with Crippen LogP contribution in [0.1, 0.15) is 65.7 Å². The van der Waals surface area contributed by atoms with Crippen LogP contribution in [0.25, 0.3) is 0 Å². The van der Waals surface area contributed by atoms with E-state index in [9.17, 15) is 0 Å². The molecule has 0 amide bonds. The minimum absolute atomic E-state index is 0.727. The molecule has 1 atom stereocenters. The largest absolute Gasteiger partial charge is 0.311 e. The molecule has 1 N–H and O–H groups in total. The van der Waals surface area contributed by atoms with Gasteiger partial charge in [0.05, 0.1) is 0 Å². The minimum Gasteiger partial charge on any atom is -0.311 e. The van der Waals surface area contributed by atoms with E-state index in [1.54, 1.807) is 0 Å². The van der Waals surface area contributed by atoms with Crippen molar-refractivity contribution in [2.75, 3.05) is 19.6 Å². The molecule has 2 nitrogen and oxygen atoms in total. The van der Waals surface area contributed by atoms with Crippen LogP contribution in [-0.4, -0.2) is 36.6 Å². The maximum absolute atomic E-state index is 3.93. The summed E-state index contributed by atoms with van der Waals surface area (Å²) in [4.78, 5) is 2.59. The fraction of sp³-hybridized carbons (Fsp3) is 0.889. The zero-order chi connectivity index (χ0) is 14.4. The molecule has 2 aliphatic rings. The smallest absolute Gasteiger partial charge is 0.0165 e. The first-order valence-corrected chi connectivity index (χ1v) is 8.77. The Morgan fingerprint density at radius 2 is 1.75 bits per heavy atom. The van der Waals surface area contributed by atoms with Crippen molar-refractivity contribution in [1.82, 2.24) is 10.2 Å². The molecule has 1 aliphatic heterocycles. The molecule has 0 aromatic carbocycles. The van der Waals surface area contributed by atoms with Gasteiger partial charge < -0.3 is 5.32 Å². The first-order chi connectivity index (χ1) is 9.65. The third-order valence-electron chi connectivity index (χ3n) is 5.20. The second-order valence-corrected chi connectivity index (χ2v) is 7.21. The van der Waals surface area contributed by atoms with Gasteiger partial charge in [-0.25, -0.2) is 0 Å². The Bertz CT molecular complexity index is 293. The Labute approximate surface area is 126 Å². The molecule has 1 saturated carbocycles. The Morgan fingerprint density at radius 3 is 2.35 bits per heavy atom. The van der Waals surface area contributed by atoms with E-state index in [2.05, 4.69) is 37.1 Å². The maximum Gasteiger partial charge on any atom is 0.0165 e. The molecule has 0 aromatic rings. The van der Waals surface area contributed by atoms with Crippen LogP contribution in [0.4, 0.5) is 0 Å². The molecule has 2 fully saturated rings. The van der Waals surface area contributed by atoms with E-state index in [0.29, 0.717) is 0 Å². The standard InChI is InChI=1S/C18H34N2/c1-15(2)9-12-20-13-10-18(11-14-20)19-16(3)17-7-5-4-6-8-17/h9,16-19H,4-8,10-14H2,1-3H3/t16-/m0/s1. The third-order valence-corrected chi connectivity index (χ3v) is 5.20. The molecule has 20 heavy (non-hydrogen) atoms. The lowest BCUT2D eigenvalue weighted by Gasteiger charge is -2.36. The SMILES string of the molecule is CC(C)=CCN1CCC(N[C@@H](C)C2CCCCC2)CC1. The molecule has 1 saturated heterocycles. The van der Waals surface area contributed by atoms with Gasteiger partial charge in [-0.1, -0.05) is 30.9 Å². The van der Waals surface area contributed by atoms with Crippen LogP contribution in [0, 0.1) is 5.92 Å². The van der Waals surface area contributed by atoms with Gasteiger partial charge in [-0.15, -0.1) is 0 Å². The lowest BCUT2D eigenvalue weighted by atomic mass is 9.84. The number of nitrogens with one attached hydrogen (secondary N) is 1. The van der Waals surface area contributed by atoms with Crippen LogP contribution in [0.15, 0.2) is 11.6 Å². The molecule has 0 bridgehead atoms. The highest BCUT2D eigenvalue weighted by Gasteiger charge is 2.24. The molecule has 0 radical (unpaired) electrons. The Balaban J connectivity index is 1.67. The topological polar surface area (TPSA) is 15.3 Å². The van der Waals surface area contributed by atoms with Crippen LogP contribution in [-0.2, 0) is 0 Å². The van der Waals surface area contributed by atoms with Crippen molar-refractivity contribution >= 4 is 0 Å².